The van der Waals surface area contributed by atoms with E-state index in [1.807, 2.05) is 0 Å². The lowest BCUT2D eigenvalue weighted by molar-refractivity contribution is -0.161. The highest BCUT2D eigenvalue weighted by molar-refractivity contribution is 7.47. The fraction of sp³-hybridized carbons (Fsp3) is 0.827. The molecule has 3 atom stereocenters. The van der Waals surface area contributed by atoms with Crippen LogP contribution in [0.5, 0.6) is 0 Å². The van der Waals surface area contributed by atoms with Crippen LogP contribution in [0, 0.1) is 0 Å². The third-order valence-electron chi connectivity index (χ3n) is 11.1. The molecule has 0 aliphatic heterocycles. The van der Waals surface area contributed by atoms with Gasteiger partial charge in [-0.05, 0) is 51.4 Å². The van der Waals surface area contributed by atoms with Crippen LogP contribution in [0.3, 0.4) is 0 Å². The zero-order valence-electron chi connectivity index (χ0n) is 41.0. The fourth-order valence-corrected chi connectivity index (χ4v) is 7.92. The standard InChI is InChI=1S/C52H95O11P/c1-4-7-10-13-16-19-22-24-27-29-32-35-38-41-50(54)59-45-49(63-52(56)43-40-37-34-31-28-25-23-20-17-14-11-8-5-2)47-61-64(57,58)60-46-48(44-53)62-51(55)42-39-36-33-30-26-21-18-15-12-9-6-3/h7,10,16,19,24,27,48-49,53H,4-6,8-9,11-15,17-18,20-23,25-26,28-47H2,1-3H3,(H,57,58)/b10-7-,19-16-,27-24-. The summed E-state index contributed by atoms with van der Waals surface area (Å²) in [6, 6.07) is 0. The fourth-order valence-electron chi connectivity index (χ4n) is 7.14. The monoisotopic (exact) mass is 927 g/mol. The van der Waals surface area contributed by atoms with Crippen LogP contribution in [0.25, 0.3) is 0 Å². The van der Waals surface area contributed by atoms with Gasteiger partial charge in [0.15, 0.2) is 6.10 Å². The summed E-state index contributed by atoms with van der Waals surface area (Å²) < 4.78 is 39.3. The Balaban J connectivity index is 4.76. The van der Waals surface area contributed by atoms with Crippen LogP contribution in [0.2, 0.25) is 0 Å². The lowest BCUT2D eigenvalue weighted by Gasteiger charge is -2.21. The van der Waals surface area contributed by atoms with Gasteiger partial charge in [0.05, 0.1) is 19.8 Å². The summed E-state index contributed by atoms with van der Waals surface area (Å²) in [4.78, 5) is 48.2. The summed E-state index contributed by atoms with van der Waals surface area (Å²) in [6.07, 6.45) is 45.4. The molecule has 0 rings (SSSR count). The van der Waals surface area contributed by atoms with E-state index < -0.39 is 57.8 Å². The molecule has 0 saturated heterocycles. The number of carbonyl (C=O) groups excluding carboxylic acids is 3. The number of phosphoric acid groups is 1. The molecule has 0 heterocycles. The van der Waals surface area contributed by atoms with Gasteiger partial charge in [-0.25, -0.2) is 4.57 Å². The minimum Gasteiger partial charge on any atom is -0.462 e. The van der Waals surface area contributed by atoms with E-state index in [0.717, 1.165) is 77.0 Å². The Bertz CT molecular complexity index is 1220. The molecule has 0 spiro atoms. The summed E-state index contributed by atoms with van der Waals surface area (Å²) in [5, 5.41) is 9.75. The van der Waals surface area contributed by atoms with Crippen molar-refractivity contribution in [3.8, 4) is 0 Å². The molecule has 374 valence electrons. The zero-order chi connectivity index (χ0) is 47.0. The van der Waals surface area contributed by atoms with Crippen LogP contribution >= 0.6 is 7.82 Å². The number of ether oxygens (including phenoxy) is 3. The van der Waals surface area contributed by atoms with Gasteiger partial charge in [0.2, 0.25) is 0 Å². The van der Waals surface area contributed by atoms with E-state index in [9.17, 15) is 28.9 Å². The molecule has 0 aromatic carbocycles. The third-order valence-corrected chi connectivity index (χ3v) is 12.0. The summed E-state index contributed by atoms with van der Waals surface area (Å²) in [5.41, 5.74) is 0. The molecule has 0 amide bonds. The average Bonchev–Trinajstić information content (AvgIpc) is 3.28. The van der Waals surface area contributed by atoms with Crippen molar-refractivity contribution in [3.05, 3.63) is 36.5 Å². The summed E-state index contributed by atoms with van der Waals surface area (Å²) >= 11 is 0. The first-order valence-electron chi connectivity index (χ1n) is 25.9. The quantitative estimate of drug-likeness (QED) is 0.0197. The summed E-state index contributed by atoms with van der Waals surface area (Å²) in [7, 11) is -4.74. The first kappa shape index (κ1) is 61.7. The molecule has 11 nitrogen and oxygen atoms in total. The Hall–Kier alpha value is -2.30. The topological polar surface area (TPSA) is 155 Å². The van der Waals surface area contributed by atoms with Gasteiger partial charge in [-0.3, -0.25) is 23.4 Å². The van der Waals surface area contributed by atoms with Gasteiger partial charge in [0.1, 0.15) is 12.7 Å². The molecule has 0 aliphatic rings. The lowest BCUT2D eigenvalue weighted by atomic mass is 10.0. The zero-order valence-corrected chi connectivity index (χ0v) is 41.9. The molecule has 0 saturated carbocycles. The Morgan fingerprint density at radius 3 is 1.25 bits per heavy atom. The Morgan fingerprint density at radius 1 is 0.453 bits per heavy atom. The molecular weight excluding hydrogens is 832 g/mol. The maximum absolute atomic E-state index is 12.8. The maximum atomic E-state index is 12.8. The van der Waals surface area contributed by atoms with Crippen LogP contribution in [-0.4, -0.2) is 66.5 Å². The summed E-state index contributed by atoms with van der Waals surface area (Å²) in [6.45, 7) is 4.49. The molecule has 0 aromatic heterocycles. The van der Waals surface area contributed by atoms with E-state index in [0.29, 0.717) is 19.3 Å². The number of rotatable bonds is 48. The van der Waals surface area contributed by atoms with E-state index in [4.69, 9.17) is 23.3 Å². The second-order valence-electron chi connectivity index (χ2n) is 17.3. The minimum absolute atomic E-state index is 0.166. The van der Waals surface area contributed by atoms with Gasteiger partial charge in [0, 0.05) is 19.3 Å². The van der Waals surface area contributed by atoms with Crippen molar-refractivity contribution in [2.24, 2.45) is 0 Å². The number of carbonyl (C=O) groups is 3. The second kappa shape index (κ2) is 47.2. The number of hydrogen-bond acceptors (Lipinski definition) is 10. The van der Waals surface area contributed by atoms with Crippen LogP contribution < -0.4 is 0 Å². The maximum Gasteiger partial charge on any atom is 0.472 e. The van der Waals surface area contributed by atoms with Crippen LogP contribution in [-0.2, 0) is 42.2 Å². The van der Waals surface area contributed by atoms with Crippen molar-refractivity contribution >= 4 is 25.7 Å². The molecule has 64 heavy (non-hydrogen) atoms. The number of unbranched alkanes of at least 4 members (excludes halogenated alkanes) is 25. The first-order chi connectivity index (χ1) is 31.2. The molecule has 0 bridgehead atoms. The highest BCUT2D eigenvalue weighted by atomic mass is 31.2. The van der Waals surface area contributed by atoms with E-state index in [-0.39, 0.29) is 25.9 Å². The van der Waals surface area contributed by atoms with Gasteiger partial charge in [-0.1, -0.05) is 205 Å². The van der Waals surface area contributed by atoms with E-state index >= 15 is 0 Å². The van der Waals surface area contributed by atoms with Crippen LogP contribution in [0.15, 0.2) is 36.5 Å². The van der Waals surface area contributed by atoms with Crippen molar-refractivity contribution < 1.29 is 52.2 Å². The molecule has 0 radical (unpaired) electrons. The largest absolute Gasteiger partial charge is 0.472 e. The lowest BCUT2D eigenvalue weighted by Crippen LogP contribution is -2.30. The number of aliphatic hydroxyl groups excluding tert-OH is 1. The van der Waals surface area contributed by atoms with Gasteiger partial charge in [0.25, 0.3) is 0 Å². The number of esters is 3. The number of hydrogen-bond donors (Lipinski definition) is 2. The molecule has 2 N–H and O–H groups in total. The predicted molar refractivity (Wildman–Crippen MR) is 261 cm³/mol. The van der Waals surface area contributed by atoms with E-state index in [1.54, 1.807) is 0 Å². The predicted octanol–water partition coefficient (Wildman–Crippen LogP) is 14.5. The highest BCUT2D eigenvalue weighted by Gasteiger charge is 2.28. The smallest absolute Gasteiger partial charge is 0.462 e. The normalized spacial score (nSPS) is 13.8. The molecule has 0 aliphatic carbocycles. The van der Waals surface area contributed by atoms with Crippen molar-refractivity contribution in [1.29, 1.82) is 0 Å². The van der Waals surface area contributed by atoms with Gasteiger partial charge in [-0.2, -0.15) is 0 Å². The van der Waals surface area contributed by atoms with Crippen molar-refractivity contribution in [3.63, 3.8) is 0 Å². The molecule has 3 unspecified atom stereocenters. The Labute approximate surface area is 390 Å². The summed E-state index contributed by atoms with van der Waals surface area (Å²) in [5.74, 6) is -1.49. The molecule has 12 heteroatoms. The van der Waals surface area contributed by atoms with Crippen molar-refractivity contribution in [1.82, 2.24) is 0 Å². The highest BCUT2D eigenvalue weighted by Crippen LogP contribution is 2.43. The molecule has 0 aromatic rings. The third kappa shape index (κ3) is 44.9. The second-order valence-corrected chi connectivity index (χ2v) is 18.8. The van der Waals surface area contributed by atoms with Gasteiger partial charge in [-0.15, -0.1) is 0 Å². The average molecular weight is 927 g/mol. The SMILES string of the molecule is CC/C=C\C/C=C\C/C=C\CCCCCC(=O)OCC(COP(=O)(O)OCC(CO)OC(=O)CCCCCCCCCCCCC)OC(=O)CCCCCCCCCCCCCCC. The Morgan fingerprint density at radius 2 is 0.812 bits per heavy atom. The number of phosphoric ester groups is 1. The van der Waals surface area contributed by atoms with Crippen molar-refractivity contribution in [2.75, 3.05) is 26.4 Å². The van der Waals surface area contributed by atoms with Crippen molar-refractivity contribution in [2.45, 2.75) is 251 Å². The minimum atomic E-state index is -4.74. The van der Waals surface area contributed by atoms with Crippen LogP contribution in [0.4, 0.5) is 0 Å². The Kier molecular flexibility index (Phi) is 45.5. The molecular formula is C52H95O11P. The first-order valence-corrected chi connectivity index (χ1v) is 27.4. The van der Waals surface area contributed by atoms with E-state index in [1.165, 1.54) is 103 Å². The van der Waals surface area contributed by atoms with Gasteiger partial charge < -0.3 is 24.2 Å². The number of allylic oxidation sites excluding steroid dienone is 6. The van der Waals surface area contributed by atoms with E-state index in [2.05, 4.69) is 57.2 Å². The van der Waals surface area contributed by atoms with Gasteiger partial charge >= 0.3 is 25.7 Å². The number of aliphatic hydroxyl groups is 1. The van der Waals surface area contributed by atoms with Crippen LogP contribution in [0.1, 0.15) is 239 Å². The molecule has 0 fully saturated rings.